The number of nitrogens with one attached hydrogen (secondary N) is 1. The van der Waals surface area contributed by atoms with Crippen LogP contribution in [0.5, 0.6) is 0 Å². The van der Waals surface area contributed by atoms with Crippen molar-refractivity contribution in [2.45, 2.75) is 51.2 Å². The number of carbonyl (C=O) groups excluding carboxylic acids is 1. The highest BCUT2D eigenvalue weighted by atomic mass is 16.5. The third-order valence-corrected chi connectivity index (χ3v) is 2.66. The number of carbonyl (C=O) groups is 1. The molecule has 0 heterocycles. The van der Waals surface area contributed by atoms with E-state index < -0.39 is 0 Å². The summed E-state index contributed by atoms with van der Waals surface area (Å²) in [6.07, 6.45) is 4.34. The predicted molar refractivity (Wildman–Crippen MR) is 57.5 cm³/mol. The van der Waals surface area contributed by atoms with Gasteiger partial charge < -0.3 is 15.2 Å². The van der Waals surface area contributed by atoms with Crippen LogP contribution >= 0.6 is 0 Å². The van der Waals surface area contributed by atoms with Gasteiger partial charge in [-0.15, -0.1) is 0 Å². The number of aliphatic hydroxyl groups is 1. The molecule has 1 fully saturated rings. The number of aliphatic hydroxyl groups excluding tert-OH is 1. The zero-order valence-electron chi connectivity index (χ0n) is 9.37. The molecular weight excluding hydrogens is 194 g/mol. The molecule has 2 atom stereocenters. The highest BCUT2D eigenvalue weighted by Crippen LogP contribution is 2.18. The van der Waals surface area contributed by atoms with E-state index in [1.165, 1.54) is 0 Å². The predicted octanol–water partition coefficient (Wildman–Crippen LogP) is 0.833. The summed E-state index contributed by atoms with van der Waals surface area (Å²) in [4.78, 5) is 11.4. The van der Waals surface area contributed by atoms with E-state index >= 15 is 0 Å². The van der Waals surface area contributed by atoms with Gasteiger partial charge in [-0.1, -0.05) is 19.8 Å². The van der Waals surface area contributed by atoms with Crippen LogP contribution in [0.2, 0.25) is 0 Å². The van der Waals surface area contributed by atoms with E-state index in [0.29, 0.717) is 6.61 Å². The minimum Gasteiger partial charge on any atom is -0.391 e. The molecule has 1 amide bonds. The molecule has 1 rings (SSSR count). The first-order chi connectivity index (χ1) is 7.24. The first-order valence-corrected chi connectivity index (χ1v) is 5.79. The molecule has 15 heavy (non-hydrogen) atoms. The van der Waals surface area contributed by atoms with Gasteiger partial charge in [0.2, 0.25) is 5.91 Å². The Morgan fingerprint density at radius 1 is 1.47 bits per heavy atom. The van der Waals surface area contributed by atoms with Crippen molar-refractivity contribution in [3.63, 3.8) is 0 Å². The van der Waals surface area contributed by atoms with Crippen LogP contribution in [-0.2, 0) is 9.53 Å². The van der Waals surface area contributed by atoms with Gasteiger partial charge in [0.25, 0.3) is 0 Å². The minimum absolute atomic E-state index is 0.0727. The summed E-state index contributed by atoms with van der Waals surface area (Å²) in [5.74, 6) is -0.116. The van der Waals surface area contributed by atoms with Gasteiger partial charge in [0.05, 0.1) is 12.1 Å². The van der Waals surface area contributed by atoms with Crippen LogP contribution in [0.15, 0.2) is 0 Å². The number of amides is 1. The molecule has 0 aromatic heterocycles. The third kappa shape index (κ3) is 4.62. The topological polar surface area (TPSA) is 58.6 Å². The van der Waals surface area contributed by atoms with Crippen molar-refractivity contribution in [1.29, 1.82) is 0 Å². The molecule has 0 aromatic rings. The molecule has 0 aromatic carbocycles. The summed E-state index contributed by atoms with van der Waals surface area (Å²) in [5, 5.41) is 12.4. The van der Waals surface area contributed by atoms with Gasteiger partial charge in [0, 0.05) is 6.61 Å². The molecule has 2 N–H and O–H groups in total. The van der Waals surface area contributed by atoms with Gasteiger partial charge >= 0.3 is 0 Å². The van der Waals surface area contributed by atoms with Crippen LogP contribution in [-0.4, -0.2) is 36.4 Å². The van der Waals surface area contributed by atoms with E-state index in [-0.39, 0.29) is 24.7 Å². The second-order valence-electron chi connectivity index (χ2n) is 4.08. The van der Waals surface area contributed by atoms with Crippen LogP contribution in [0.25, 0.3) is 0 Å². The number of ether oxygens (including phenoxy) is 1. The standard InChI is InChI=1S/C11H21NO3/c1-2-7-15-8-11(14)12-9-5-3-4-6-10(9)13/h9-10,13H,2-8H2,1H3,(H,12,14)/t9-,10-/m1/s1. The van der Waals surface area contributed by atoms with Crippen LogP contribution < -0.4 is 5.32 Å². The normalized spacial score (nSPS) is 26.3. The number of hydrogen-bond acceptors (Lipinski definition) is 3. The lowest BCUT2D eigenvalue weighted by Crippen LogP contribution is -2.46. The first kappa shape index (κ1) is 12.5. The Morgan fingerprint density at radius 2 is 2.20 bits per heavy atom. The van der Waals surface area contributed by atoms with Crippen LogP contribution in [0.1, 0.15) is 39.0 Å². The van der Waals surface area contributed by atoms with Gasteiger partial charge in [0.1, 0.15) is 6.61 Å². The Kier molecular flexibility index (Phi) is 5.65. The second kappa shape index (κ2) is 6.80. The van der Waals surface area contributed by atoms with Gasteiger partial charge in [-0.05, 0) is 19.3 Å². The largest absolute Gasteiger partial charge is 0.391 e. The molecule has 0 saturated heterocycles. The fraction of sp³-hybridized carbons (Fsp3) is 0.909. The maximum atomic E-state index is 11.4. The van der Waals surface area contributed by atoms with Crippen LogP contribution in [0.3, 0.4) is 0 Å². The van der Waals surface area contributed by atoms with Crippen molar-refractivity contribution >= 4 is 5.91 Å². The zero-order valence-corrected chi connectivity index (χ0v) is 9.37. The molecule has 4 nitrogen and oxygen atoms in total. The van der Waals surface area contributed by atoms with E-state index in [0.717, 1.165) is 32.1 Å². The van der Waals surface area contributed by atoms with Crippen molar-refractivity contribution in [3.05, 3.63) is 0 Å². The highest BCUT2D eigenvalue weighted by molar-refractivity contribution is 5.77. The van der Waals surface area contributed by atoms with Crippen molar-refractivity contribution in [2.24, 2.45) is 0 Å². The van der Waals surface area contributed by atoms with E-state index in [1.54, 1.807) is 0 Å². The smallest absolute Gasteiger partial charge is 0.246 e. The van der Waals surface area contributed by atoms with E-state index in [1.807, 2.05) is 6.92 Å². The fourth-order valence-electron chi connectivity index (χ4n) is 1.84. The quantitative estimate of drug-likeness (QED) is 0.668. The first-order valence-electron chi connectivity index (χ1n) is 5.79. The highest BCUT2D eigenvalue weighted by Gasteiger charge is 2.24. The van der Waals surface area contributed by atoms with Crippen molar-refractivity contribution < 1.29 is 14.6 Å². The molecular formula is C11H21NO3. The van der Waals surface area contributed by atoms with Crippen molar-refractivity contribution in [2.75, 3.05) is 13.2 Å². The molecule has 0 spiro atoms. The lowest BCUT2D eigenvalue weighted by Gasteiger charge is -2.28. The molecule has 0 aliphatic heterocycles. The summed E-state index contributed by atoms with van der Waals surface area (Å²) in [7, 11) is 0. The Morgan fingerprint density at radius 3 is 2.87 bits per heavy atom. The Balaban J connectivity index is 2.18. The molecule has 0 bridgehead atoms. The maximum Gasteiger partial charge on any atom is 0.246 e. The summed E-state index contributed by atoms with van der Waals surface area (Å²) >= 11 is 0. The Labute approximate surface area is 91.0 Å². The summed E-state index contributed by atoms with van der Waals surface area (Å²) in [6.45, 7) is 2.72. The van der Waals surface area contributed by atoms with Crippen LogP contribution in [0, 0.1) is 0 Å². The van der Waals surface area contributed by atoms with Crippen LogP contribution in [0.4, 0.5) is 0 Å². The summed E-state index contributed by atoms with van der Waals surface area (Å²) in [5.41, 5.74) is 0. The van der Waals surface area contributed by atoms with Crippen molar-refractivity contribution in [3.8, 4) is 0 Å². The van der Waals surface area contributed by atoms with E-state index in [4.69, 9.17) is 4.74 Å². The lowest BCUT2D eigenvalue weighted by molar-refractivity contribution is -0.127. The molecule has 88 valence electrons. The molecule has 0 radical (unpaired) electrons. The second-order valence-corrected chi connectivity index (χ2v) is 4.08. The maximum absolute atomic E-state index is 11.4. The molecule has 4 heteroatoms. The molecule has 0 unspecified atom stereocenters. The Bertz CT molecular complexity index is 196. The van der Waals surface area contributed by atoms with Gasteiger partial charge in [0.15, 0.2) is 0 Å². The average Bonchev–Trinajstić information content (AvgIpc) is 2.22. The monoisotopic (exact) mass is 215 g/mol. The molecule has 1 aliphatic carbocycles. The lowest BCUT2D eigenvalue weighted by atomic mass is 9.92. The number of hydrogen-bond donors (Lipinski definition) is 2. The summed E-state index contributed by atoms with van der Waals surface area (Å²) in [6, 6.07) is -0.0727. The number of rotatable bonds is 5. The molecule has 1 aliphatic rings. The van der Waals surface area contributed by atoms with Gasteiger partial charge in [-0.3, -0.25) is 4.79 Å². The minimum atomic E-state index is -0.381. The van der Waals surface area contributed by atoms with Gasteiger partial charge in [-0.2, -0.15) is 0 Å². The molecule has 1 saturated carbocycles. The Hall–Kier alpha value is -0.610. The zero-order chi connectivity index (χ0) is 11.1. The summed E-state index contributed by atoms with van der Waals surface area (Å²) < 4.78 is 5.13. The van der Waals surface area contributed by atoms with E-state index in [9.17, 15) is 9.90 Å². The SMILES string of the molecule is CCCOCC(=O)N[C@@H]1CCCC[C@H]1O. The fourth-order valence-corrected chi connectivity index (χ4v) is 1.84. The van der Waals surface area contributed by atoms with E-state index in [2.05, 4.69) is 5.32 Å². The van der Waals surface area contributed by atoms with Gasteiger partial charge in [-0.25, -0.2) is 0 Å². The third-order valence-electron chi connectivity index (χ3n) is 2.66. The average molecular weight is 215 g/mol. The van der Waals surface area contributed by atoms with Crippen molar-refractivity contribution in [1.82, 2.24) is 5.32 Å².